The molecule has 138 valence electrons. The molecule has 0 fully saturated rings. The minimum atomic E-state index is -0.254. The maximum Gasteiger partial charge on any atom is 0.253 e. The van der Waals surface area contributed by atoms with E-state index in [-0.39, 0.29) is 11.7 Å². The number of aromatic nitrogens is 1. The molecule has 0 bridgehead atoms. The van der Waals surface area contributed by atoms with Crippen LogP contribution in [0.3, 0.4) is 0 Å². The highest BCUT2D eigenvalue weighted by molar-refractivity contribution is 6.01. The fraction of sp³-hybridized carbons (Fsp3) is 0.227. The quantitative estimate of drug-likeness (QED) is 0.768. The number of hydrogen-bond acceptors (Lipinski definition) is 2. The highest BCUT2D eigenvalue weighted by Gasteiger charge is 2.17. The van der Waals surface area contributed by atoms with Crippen LogP contribution >= 0.6 is 0 Å². The zero-order chi connectivity index (χ0) is 19.0. The van der Waals surface area contributed by atoms with Crippen LogP contribution < -0.4 is 5.32 Å². The lowest BCUT2D eigenvalue weighted by atomic mass is 9.98. The summed E-state index contributed by atoms with van der Waals surface area (Å²) in [7, 11) is 3.51. The van der Waals surface area contributed by atoms with Crippen LogP contribution in [0.25, 0.3) is 22.2 Å². The summed E-state index contributed by atoms with van der Waals surface area (Å²) >= 11 is 0. The summed E-state index contributed by atoms with van der Waals surface area (Å²) < 4.78 is 15.4. The molecule has 0 unspecified atom stereocenters. The van der Waals surface area contributed by atoms with E-state index in [0.717, 1.165) is 41.7 Å². The lowest BCUT2D eigenvalue weighted by Gasteiger charge is -2.14. The first-order valence-electron chi connectivity index (χ1n) is 9.07. The number of carbonyl (C=O) groups is 1. The molecule has 27 heavy (non-hydrogen) atoms. The average Bonchev–Trinajstić information content (AvgIpc) is 3.07. The number of hydrogen-bond donors (Lipinski definition) is 1. The summed E-state index contributed by atoms with van der Waals surface area (Å²) in [5, 5.41) is 4.38. The average molecular weight is 363 g/mol. The first kappa shape index (κ1) is 17.5. The summed E-state index contributed by atoms with van der Waals surface area (Å²) in [6.45, 7) is 1.78. The van der Waals surface area contributed by atoms with Gasteiger partial charge < -0.3 is 14.8 Å². The molecule has 0 saturated heterocycles. The van der Waals surface area contributed by atoms with Crippen molar-refractivity contribution in [1.82, 2.24) is 14.8 Å². The van der Waals surface area contributed by atoms with Crippen molar-refractivity contribution in [3.63, 3.8) is 0 Å². The third-order valence-corrected chi connectivity index (χ3v) is 4.97. The summed E-state index contributed by atoms with van der Waals surface area (Å²) in [5.74, 6) is -0.271. The van der Waals surface area contributed by atoms with Gasteiger partial charge in [0.25, 0.3) is 5.91 Å². The Bertz CT molecular complexity index is 1030. The highest BCUT2D eigenvalue weighted by atomic mass is 19.1. The molecule has 5 heteroatoms. The maximum atomic E-state index is 13.4. The van der Waals surface area contributed by atoms with Gasteiger partial charge in [-0.3, -0.25) is 4.79 Å². The molecule has 3 aromatic rings. The topological polar surface area (TPSA) is 37.3 Å². The SMILES string of the molecule is CN(C)C(=O)c1ccc2c(c1)c(C1=CCNCC1)cn2-c1ccc(F)cc1. The van der Waals surface area contributed by atoms with Gasteiger partial charge in [-0.15, -0.1) is 0 Å². The molecule has 4 nitrogen and oxygen atoms in total. The van der Waals surface area contributed by atoms with Crippen LogP contribution in [0.5, 0.6) is 0 Å². The summed E-state index contributed by atoms with van der Waals surface area (Å²) in [6.07, 6.45) is 5.24. The van der Waals surface area contributed by atoms with Crippen molar-refractivity contribution in [2.45, 2.75) is 6.42 Å². The van der Waals surface area contributed by atoms with Crippen molar-refractivity contribution < 1.29 is 9.18 Å². The number of carbonyl (C=O) groups excluding carboxylic acids is 1. The second-order valence-corrected chi connectivity index (χ2v) is 7.00. The van der Waals surface area contributed by atoms with E-state index < -0.39 is 0 Å². The van der Waals surface area contributed by atoms with E-state index in [4.69, 9.17) is 0 Å². The van der Waals surface area contributed by atoms with Gasteiger partial charge >= 0.3 is 0 Å². The Morgan fingerprint density at radius 2 is 1.93 bits per heavy atom. The van der Waals surface area contributed by atoms with Gasteiger partial charge in [0, 0.05) is 49.0 Å². The van der Waals surface area contributed by atoms with Gasteiger partial charge in [0.15, 0.2) is 0 Å². The molecule has 1 N–H and O–H groups in total. The molecule has 0 radical (unpaired) electrons. The van der Waals surface area contributed by atoms with Crippen molar-refractivity contribution in [2.75, 3.05) is 27.2 Å². The van der Waals surface area contributed by atoms with E-state index in [2.05, 4.69) is 22.2 Å². The summed E-state index contributed by atoms with van der Waals surface area (Å²) in [4.78, 5) is 14.0. The standard InChI is InChI=1S/C22H22FN3O/c1-25(2)22(27)16-3-8-21-19(13-16)20(15-9-11-24-12-10-15)14-26(21)18-6-4-17(23)5-7-18/h3-9,13-14,24H,10-12H2,1-2H3. The Balaban J connectivity index is 1.93. The first-order valence-corrected chi connectivity index (χ1v) is 9.07. The van der Waals surface area contributed by atoms with Crippen LogP contribution in [0.15, 0.2) is 54.7 Å². The number of amides is 1. The van der Waals surface area contributed by atoms with Crippen LogP contribution in [0.4, 0.5) is 4.39 Å². The minimum Gasteiger partial charge on any atom is -0.345 e. The van der Waals surface area contributed by atoms with Crippen molar-refractivity contribution >= 4 is 22.4 Å². The third-order valence-electron chi connectivity index (χ3n) is 4.97. The third kappa shape index (κ3) is 3.26. The van der Waals surface area contributed by atoms with Gasteiger partial charge in [-0.2, -0.15) is 0 Å². The predicted octanol–water partition coefficient (Wildman–Crippen LogP) is 3.85. The smallest absolute Gasteiger partial charge is 0.253 e. The molecule has 2 aromatic carbocycles. The van der Waals surface area contributed by atoms with Crippen LogP contribution in [0, 0.1) is 5.82 Å². The lowest BCUT2D eigenvalue weighted by molar-refractivity contribution is 0.0828. The van der Waals surface area contributed by atoms with Crippen molar-refractivity contribution in [3.8, 4) is 5.69 Å². The van der Waals surface area contributed by atoms with Crippen LogP contribution in [-0.4, -0.2) is 42.6 Å². The highest BCUT2D eigenvalue weighted by Crippen LogP contribution is 2.33. The number of rotatable bonds is 3. The number of fused-ring (bicyclic) bond motifs is 1. The summed E-state index contributed by atoms with van der Waals surface area (Å²) in [5.41, 5.74) is 4.97. The van der Waals surface area contributed by atoms with Crippen molar-refractivity contribution in [3.05, 3.63) is 71.7 Å². The Morgan fingerprint density at radius 3 is 2.59 bits per heavy atom. The van der Waals surface area contributed by atoms with Gasteiger partial charge in [0.05, 0.1) is 5.52 Å². The normalized spacial score (nSPS) is 14.3. The van der Waals surface area contributed by atoms with Gasteiger partial charge in [-0.1, -0.05) is 6.08 Å². The van der Waals surface area contributed by atoms with E-state index in [1.165, 1.54) is 17.7 Å². The van der Waals surface area contributed by atoms with E-state index in [1.807, 2.05) is 18.2 Å². The van der Waals surface area contributed by atoms with E-state index in [1.54, 1.807) is 31.1 Å². The molecule has 1 aromatic heterocycles. The number of benzene rings is 2. The van der Waals surface area contributed by atoms with E-state index in [9.17, 15) is 9.18 Å². The van der Waals surface area contributed by atoms with Crippen molar-refractivity contribution in [2.24, 2.45) is 0 Å². The molecule has 0 atom stereocenters. The van der Waals surface area contributed by atoms with Gasteiger partial charge in [0.2, 0.25) is 0 Å². The fourth-order valence-electron chi connectivity index (χ4n) is 3.56. The van der Waals surface area contributed by atoms with Crippen molar-refractivity contribution in [1.29, 1.82) is 0 Å². The van der Waals surface area contributed by atoms with E-state index in [0.29, 0.717) is 5.56 Å². The molecule has 1 aliphatic heterocycles. The Morgan fingerprint density at radius 1 is 1.15 bits per heavy atom. The lowest BCUT2D eigenvalue weighted by Crippen LogP contribution is -2.21. The molecule has 1 aliphatic rings. The summed E-state index contributed by atoms with van der Waals surface area (Å²) in [6, 6.07) is 12.3. The number of nitrogens with zero attached hydrogens (tertiary/aromatic N) is 2. The van der Waals surface area contributed by atoms with Gasteiger partial charge in [-0.25, -0.2) is 4.39 Å². The van der Waals surface area contributed by atoms with Crippen LogP contribution in [0.2, 0.25) is 0 Å². The Kier molecular flexibility index (Phi) is 4.54. The Hall–Kier alpha value is -2.92. The number of nitrogens with one attached hydrogen (secondary N) is 1. The number of halogens is 1. The molecular formula is C22H22FN3O. The van der Waals surface area contributed by atoms with E-state index >= 15 is 0 Å². The molecular weight excluding hydrogens is 341 g/mol. The Labute approximate surface area is 157 Å². The molecule has 0 spiro atoms. The van der Waals surface area contributed by atoms with Gasteiger partial charge in [-0.05, 0) is 61.0 Å². The second-order valence-electron chi connectivity index (χ2n) is 7.00. The van der Waals surface area contributed by atoms with Crippen LogP contribution in [-0.2, 0) is 0 Å². The van der Waals surface area contributed by atoms with Crippen LogP contribution in [0.1, 0.15) is 22.3 Å². The predicted molar refractivity (Wildman–Crippen MR) is 107 cm³/mol. The maximum absolute atomic E-state index is 13.4. The largest absolute Gasteiger partial charge is 0.345 e. The molecule has 0 saturated carbocycles. The zero-order valence-corrected chi connectivity index (χ0v) is 15.5. The molecule has 1 amide bonds. The van der Waals surface area contributed by atoms with Gasteiger partial charge in [0.1, 0.15) is 5.82 Å². The molecule has 0 aliphatic carbocycles. The second kappa shape index (κ2) is 7.00. The molecule has 2 heterocycles. The zero-order valence-electron chi connectivity index (χ0n) is 15.5. The molecule has 4 rings (SSSR count). The fourth-order valence-corrected chi connectivity index (χ4v) is 3.56. The monoisotopic (exact) mass is 363 g/mol. The first-order chi connectivity index (χ1) is 13.0. The minimum absolute atomic E-state index is 0.0170.